The van der Waals surface area contributed by atoms with Gasteiger partial charge in [0.1, 0.15) is 11.2 Å². The Morgan fingerprint density at radius 1 is 0.471 bits per heavy atom. The molecular weight excluding hydrogens is 621 g/mol. The number of benzene rings is 8. The van der Waals surface area contributed by atoms with Gasteiger partial charge in [-0.25, -0.2) is 0 Å². The Hall–Kier alpha value is -6.84. The zero-order chi connectivity index (χ0) is 41.6. The largest absolute Gasteiger partial charge is 0.455 e. The Kier molecular flexibility index (Phi) is 4.98. The minimum absolute atomic E-state index is 0.0506. The van der Waals surface area contributed by atoms with E-state index >= 15 is 0 Å². The number of aromatic nitrogens is 1. The Balaban J connectivity index is 1.41. The molecule has 0 aliphatic heterocycles. The first-order chi connectivity index (χ1) is 29.1. The molecule has 51 heavy (non-hydrogen) atoms. The van der Waals surface area contributed by atoms with E-state index in [1.54, 1.807) is 16.7 Å². The maximum absolute atomic E-state index is 10.4. The van der Waals surface area contributed by atoms with Gasteiger partial charge in [0.25, 0.3) is 0 Å². The Labute approximate surface area is 308 Å². The van der Waals surface area contributed by atoms with E-state index < -0.39 is 30.2 Å². The van der Waals surface area contributed by atoms with Crippen molar-refractivity contribution < 1.29 is 16.8 Å². The van der Waals surface area contributed by atoms with Crippen molar-refractivity contribution in [3.05, 3.63) is 194 Å². The second-order valence-corrected chi connectivity index (χ2v) is 12.3. The fourth-order valence-electron chi connectivity index (χ4n) is 7.01. The molecule has 3 heteroatoms. The molecule has 3 nitrogen and oxygen atoms in total. The van der Waals surface area contributed by atoms with Crippen molar-refractivity contribution in [2.24, 2.45) is 0 Å². The normalized spacial score (nSPS) is 14.0. The summed E-state index contributed by atoms with van der Waals surface area (Å²) in [5, 5.41) is 0.546. The Morgan fingerprint density at radius 2 is 0.980 bits per heavy atom. The van der Waals surface area contributed by atoms with Crippen LogP contribution in [0.3, 0.4) is 0 Å². The van der Waals surface area contributed by atoms with Gasteiger partial charge in [-0.05, 0) is 76.8 Å². The molecule has 0 atom stereocenters. The number of rotatable bonds is 6. The highest BCUT2D eigenvalue weighted by Gasteiger charge is 2.25. The summed E-state index contributed by atoms with van der Waals surface area (Å²) in [6.07, 6.45) is 0. The summed E-state index contributed by atoms with van der Waals surface area (Å²) in [6, 6.07) is 41.2. The SMILES string of the molecule is [2H]c1c([2H])c([2H])c2c(oc3c2c(N(c2ccc(-c4ccccc4)cc2)c2ccc(-c4ccccc4)cc2)c([2H])c2c3c3c([2H])c([2H])c([2H])c([2H])c3n2-c2ccccc2)c1[2H]. The predicted molar refractivity (Wildman–Crippen MR) is 214 cm³/mol. The van der Waals surface area contributed by atoms with Gasteiger partial charge >= 0.3 is 0 Å². The van der Waals surface area contributed by atoms with Gasteiger partial charge < -0.3 is 13.9 Å². The average molecular weight is 662 g/mol. The van der Waals surface area contributed by atoms with Crippen LogP contribution in [0.5, 0.6) is 0 Å². The van der Waals surface area contributed by atoms with Crippen LogP contribution in [0.1, 0.15) is 12.3 Å². The van der Waals surface area contributed by atoms with Crippen LogP contribution >= 0.6 is 0 Å². The molecular formula is C48H32N2O. The van der Waals surface area contributed by atoms with Crippen molar-refractivity contribution in [2.75, 3.05) is 4.90 Å². The number of nitrogens with zero attached hydrogens (tertiary/aromatic N) is 2. The molecule has 10 aromatic rings. The molecule has 0 saturated carbocycles. The zero-order valence-electron chi connectivity index (χ0n) is 36.1. The van der Waals surface area contributed by atoms with Crippen LogP contribution in [0, 0.1) is 0 Å². The van der Waals surface area contributed by atoms with E-state index in [1.165, 1.54) is 0 Å². The van der Waals surface area contributed by atoms with Gasteiger partial charge in [-0.3, -0.25) is 0 Å². The van der Waals surface area contributed by atoms with Crippen LogP contribution in [0.15, 0.2) is 198 Å². The minimum Gasteiger partial charge on any atom is -0.455 e. The van der Waals surface area contributed by atoms with E-state index in [0.29, 0.717) is 17.1 Å². The summed E-state index contributed by atoms with van der Waals surface area (Å²) in [4.78, 5) is 1.88. The van der Waals surface area contributed by atoms with Crippen molar-refractivity contribution >= 4 is 60.8 Å². The lowest BCUT2D eigenvalue weighted by Crippen LogP contribution is -2.10. The molecule has 240 valence electrons. The molecule has 0 N–H and O–H groups in total. The molecule has 0 fully saturated rings. The Morgan fingerprint density at radius 3 is 1.59 bits per heavy atom. The van der Waals surface area contributed by atoms with Gasteiger partial charge in [0.05, 0.1) is 39.8 Å². The maximum Gasteiger partial charge on any atom is 0.147 e. The summed E-state index contributed by atoms with van der Waals surface area (Å²) in [5.41, 5.74) is 6.25. The quantitative estimate of drug-likeness (QED) is 0.177. The van der Waals surface area contributed by atoms with Crippen molar-refractivity contribution in [3.8, 4) is 27.9 Å². The van der Waals surface area contributed by atoms with Crippen LogP contribution in [0.25, 0.3) is 71.7 Å². The second-order valence-electron chi connectivity index (χ2n) is 12.3. The first-order valence-corrected chi connectivity index (χ1v) is 16.6. The summed E-state index contributed by atoms with van der Waals surface area (Å²) < 4.78 is 90.3. The predicted octanol–water partition coefficient (Wildman–Crippen LogP) is 13.5. The van der Waals surface area contributed by atoms with Crippen molar-refractivity contribution in [1.82, 2.24) is 4.57 Å². The number of furan rings is 1. The lowest BCUT2D eigenvalue weighted by atomic mass is 10.0. The van der Waals surface area contributed by atoms with Crippen LogP contribution in [-0.2, 0) is 0 Å². The van der Waals surface area contributed by atoms with E-state index in [1.807, 2.05) is 132 Å². The molecule has 0 spiro atoms. The van der Waals surface area contributed by atoms with Gasteiger partial charge in [0, 0.05) is 27.8 Å². The van der Waals surface area contributed by atoms with E-state index in [0.717, 1.165) is 22.3 Å². The van der Waals surface area contributed by atoms with Crippen LogP contribution in [0.2, 0.25) is 0 Å². The fourth-order valence-corrected chi connectivity index (χ4v) is 7.01. The summed E-state index contributed by atoms with van der Waals surface area (Å²) in [5.74, 6) is 0. The van der Waals surface area contributed by atoms with Gasteiger partial charge in [-0.2, -0.15) is 0 Å². The number of anilines is 3. The standard InChI is InChI=1S/C48H32N2O/c1-4-14-33(15-5-1)35-24-28-38(29-25-35)49(39-30-26-36(27-31-39)34-16-6-2-7-17-34)43-32-44-46(48-47(43)41-21-11-13-23-45(41)51-48)40-20-10-12-22-42(40)50(44)37-18-8-3-9-19-37/h1-32H/i10D,11D,12D,13D,20D,21D,22D,23D,32D. The average Bonchev–Trinajstić information content (AvgIpc) is 3.87. The highest BCUT2D eigenvalue weighted by molar-refractivity contribution is 6.28. The molecule has 0 aliphatic carbocycles. The lowest BCUT2D eigenvalue weighted by Gasteiger charge is -2.27. The number of hydrogen-bond acceptors (Lipinski definition) is 2. The number of fused-ring (bicyclic) bond motifs is 7. The monoisotopic (exact) mass is 661 g/mol. The molecule has 0 aliphatic rings. The van der Waals surface area contributed by atoms with Crippen LogP contribution in [0.4, 0.5) is 17.1 Å². The molecule has 0 radical (unpaired) electrons. The number of hydrogen-bond donors (Lipinski definition) is 0. The third-order valence-electron chi connectivity index (χ3n) is 9.34. The molecule has 8 aromatic carbocycles. The van der Waals surface area contributed by atoms with E-state index in [2.05, 4.69) is 0 Å². The van der Waals surface area contributed by atoms with Gasteiger partial charge in [-0.1, -0.05) is 139 Å². The molecule has 2 heterocycles. The van der Waals surface area contributed by atoms with Crippen LogP contribution in [-0.4, -0.2) is 4.57 Å². The molecule has 10 rings (SSSR count). The summed E-state index contributed by atoms with van der Waals surface area (Å²) >= 11 is 0. The van der Waals surface area contributed by atoms with Crippen molar-refractivity contribution in [1.29, 1.82) is 0 Å². The first kappa shape index (κ1) is 21.3. The second kappa shape index (κ2) is 11.9. The molecule has 0 saturated heterocycles. The maximum atomic E-state index is 10.4. The smallest absolute Gasteiger partial charge is 0.147 e. The van der Waals surface area contributed by atoms with Gasteiger partial charge in [-0.15, -0.1) is 0 Å². The molecule has 0 unspecified atom stereocenters. The van der Waals surface area contributed by atoms with Gasteiger partial charge in [0.15, 0.2) is 0 Å². The fraction of sp³-hybridized carbons (Fsp3) is 0. The first-order valence-electron chi connectivity index (χ1n) is 21.1. The van der Waals surface area contributed by atoms with Gasteiger partial charge in [0.2, 0.25) is 0 Å². The summed E-state index contributed by atoms with van der Waals surface area (Å²) in [6.45, 7) is 0. The summed E-state index contributed by atoms with van der Waals surface area (Å²) in [7, 11) is 0. The zero-order valence-corrected chi connectivity index (χ0v) is 27.1. The third-order valence-corrected chi connectivity index (χ3v) is 9.34. The third kappa shape index (κ3) is 4.82. The van der Waals surface area contributed by atoms with E-state index in [4.69, 9.17) is 11.3 Å². The highest BCUT2D eigenvalue weighted by Crippen LogP contribution is 2.49. The molecule has 2 aromatic heterocycles. The van der Waals surface area contributed by atoms with E-state index in [-0.39, 0.29) is 73.6 Å². The molecule has 0 amide bonds. The molecule has 0 bridgehead atoms. The number of para-hydroxylation sites is 3. The lowest BCUT2D eigenvalue weighted by molar-refractivity contribution is 0.673. The van der Waals surface area contributed by atoms with Crippen molar-refractivity contribution in [3.63, 3.8) is 0 Å². The topological polar surface area (TPSA) is 21.3 Å². The Bertz CT molecular complexity index is 3250. The van der Waals surface area contributed by atoms with Crippen LogP contribution < -0.4 is 4.90 Å². The van der Waals surface area contributed by atoms with Crippen molar-refractivity contribution in [2.45, 2.75) is 0 Å². The highest BCUT2D eigenvalue weighted by atomic mass is 16.3. The minimum atomic E-state index is -0.492. The van der Waals surface area contributed by atoms with E-state index in [9.17, 15) is 5.48 Å².